The largest absolute Gasteiger partial charge is 0.464 e. The van der Waals surface area contributed by atoms with Crippen molar-refractivity contribution in [2.75, 3.05) is 13.2 Å². The molecule has 5 nitrogen and oxygen atoms in total. The van der Waals surface area contributed by atoms with Crippen molar-refractivity contribution >= 4 is 12.1 Å². The number of carbonyl (C=O) groups is 2. The lowest BCUT2D eigenvalue weighted by atomic mass is 10.0. The summed E-state index contributed by atoms with van der Waals surface area (Å²) in [7, 11) is 0. The highest BCUT2D eigenvalue weighted by atomic mass is 16.6. The molecule has 0 aromatic carbocycles. The monoisotopic (exact) mass is 381 g/mol. The second-order valence-electron chi connectivity index (χ2n) is 7.06. The first-order chi connectivity index (χ1) is 13.1. The number of hydrogen-bond acceptors (Lipinski definition) is 4. The minimum absolute atomic E-state index is 0.118. The highest BCUT2D eigenvalue weighted by Crippen LogP contribution is 2.12. The van der Waals surface area contributed by atoms with E-state index in [4.69, 9.17) is 11.2 Å². The number of ether oxygens (including phenoxy) is 2. The summed E-state index contributed by atoms with van der Waals surface area (Å²) in [5, 5.41) is 2.38. The standard InChI is InChI=1S/C22H39NO4/c1-4-6-7-8-9-10-11-12-13-14-15-16-17-19-26-21(24)20(3)23-22(25)27-18-5-2/h2,20H,4,6-19H2,1,3H3,(H,23,25)/t20-/m0/s1. The lowest BCUT2D eigenvalue weighted by Crippen LogP contribution is -2.40. The molecule has 27 heavy (non-hydrogen) atoms. The zero-order valence-corrected chi connectivity index (χ0v) is 17.4. The molecule has 0 saturated carbocycles. The molecule has 1 N–H and O–H groups in total. The molecule has 1 atom stereocenters. The summed E-state index contributed by atoms with van der Waals surface area (Å²) in [5.41, 5.74) is 0. The lowest BCUT2D eigenvalue weighted by molar-refractivity contribution is -0.145. The zero-order valence-electron chi connectivity index (χ0n) is 17.4. The van der Waals surface area contributed by atoms with Gasteiger partial charge in [0.25, 0.3) is 0 Å². The summed E-state index contributed by atoms with van der Waals surface area (Å²) in [5.74, 6) is 1.73. The molecule has 0 unspecified atom stereocenters. The number of carbonyl (C=O) groups excluding carboxylic acids is 2. The van der Waals surface area contributed by atoms with Gasteiger partial charge in [0, 0.05) is 0 Å². The van der Waals surface area contributed by atoms with Crippen LogP contribution in [0, 0.1) is 12.3 Å². The van der Waals surface area contributed by atoms with Gasteiger partial charge in [0.2, 0.25) is 0 Å². The third-order valence-corrected chi connectivity index (χ3v) is 4.47. The highest BCUT2D eigenvalue weighted by Gasteiger charge is 2.17. The summed E-state index contributed by atoms with van der Waals surface area (Å²) in [4.78, 5) is 23.0. The molecule has 0 fully saturated rings. The van der Waals surface area contributed by atoms with Crippen molar-refractivity contribution in [3.63, 3.8) is 0 Å². The van der Waals surface area contributed by atoms with E-state index in [2.05, 4.69) is 22.9 Å². The van der Waals surface area contributed by atoms with Crippen molar-refractivity contribution in [3.8, 4) is 12.3 Å². The molecule has 1 amide bonds. The van der Waals surface area contributed by atoms with Crippen LogP contribution in [-0.2, 0) is 14.3 Å². The van der Waals surface area contributed by atoms with Crippen LogP contribution in [0.15, 0.2) is 0 Å². The van der Waals surface area contributed by atoms with Gasteiger partial charge in [0.05, 0.1) is 6.61 Å². The van der Waals surface area contributed by atoms with Crippen molar-refractivity contribution in [2.45, 2.75) is 103 Å². The number of hydrogen-bond donors (Lipinski definition) is 1. The summed E-state index contributed by atoms with van der Waals surface area (Å²) in [6.45, 7) is 4.08. The zero-order chi connectivity index (χ0) is 20.2. The first-order valence-corrected chi connectivity index (χ1v) is 10.6. The number of terminal acetylenes is 1. The van der Waals surface area contributed by atoms with E-state index >= 15 is 0 Å². The number of esters is 1. The number of amides is 1. The average Bonchev–Trinajstić information content (AvgIpc) is 2.66. The van der Waals surface area contributed by atoms with E-state index in [-0.39, 0.29) is 6.61 Å². The first kappa shape index (κ1) is 25.3. The topological polar surface area (TPSA) is 64.6 Å². The second-order valence-corrected chi connectivity index (χ2v) is 7.06. The van der Waals surface area contributed by atoms with E-state index < -0.39 is 18.1 Å². The summed E-state index contributed by atoms with van der Waals surface area (Å²) in [6.07, 6.45) is 20.9. The maximum absolute atomic E-state index is 11.7. The molecule has 0 aromatic rings. The van der Waals surface area contributed by atoms with Gasteiger partial charge < -0.3 is 14.8 Å². The smallest absolute Gasteiger partial charge is 0.408 e. The Kier molecular flexibility index (Phi) is 17.9. The average molecular weight is 382 g/mol. The van der Waals surface area contributed by atoms with Gasteiger partial charge in [-0.1, -0.05) is 89.9 Å². The molecular weight excluding hydrogens is 342 g/mol. The van der Waals surface area contributed by atoms with Crippen molar-refractivity contribution in [1.82, 2.24) is 5.32 Å². The SMILES string of the molecule is C#CCOC(=O)N[C@@H](C)C(=O)OCCCCCCCCCCCCCCC. The van der Waals surface area contributed by atoms with Gasteiger partial charge in [0.15, 0.2) is 6.61 Å². The Balaban J connectivity index is 3.37. The van der Waals surface area contributed by atoms with Crippen molar-refractivity contribution in [3.05, 3.63) is 0 Å². The molecular formula is C22H39NO4. The van der Waals surface area contributed by atoms with Gasteiger partial charge in [-0.25, -0.2) is 9.59 Å². The van der Waals surface area contributed by atoms with Gasteiger partial charge in [-0.2, -0.15) is 0 Å². The fourth-order valence-electron chi connectivity index (χ4n) is 2.80. The molecule has 0 aromatic heterocycles. The Bertz CT molecular complexity index is 417. The van der Waals surface area contributed by atoms with Crippen LogP contribution in [0.2, 0.25) is 0 Å². The quantitative estimate of drug-likeness (QED) is 0.209. The van der Waals surface area contributed by atoms with Gasteiger partial charge in [-0.05, 0) is 13.3 Å². The first-order valence-electron chi connectivity index (χ1n) is 10.6. The van der Waals surface area contributed by atoms with E-state index in [0.717, 1.165) is 12.8 Å². The summed E-state index contributed by atoms with van der Waals surface area (Å²) >= 11 is 0. The fraction of sp³-hybridized carbons (Fsp3) is 0.818. The lowest BCUT2D eigenvalue weighted by Gasteiger charge is -2.12. The molecule has 0 aliphatic heterocycles. The summed E-state index contributed by atoms with van der Waals surface area (Å²) < 4.78 is 9.80. The number of alkyl carbamates (subject to hydrolysis) is 1. The van der Waals surface area contributed by atoms with Crippen molar-refractivity contribution in [1.29, 1.82) is 0 Å². The minimum atomic E-state index is -0.739. The van der Waals surface area contributed by atoms with Crippen LogP contribution in [0.1, 0.15) is 97.3 Å². The van der Waals surface area contributed by atoms with Crippen molar-refractivity contribution < 1.29 is 19.1 Å². The van der Waals surface area contributed by atoms with E-state index in [1.54, 1.807) is 6.92 Å². The van der Waals surface area contributed by atoms with Gasteiger partial charge in [0.1, 0.15) is 6.04 Å². The molecule has 0 rings (SSSR count). The third kappa shape index (κ3) is 17.5. The predicted molar refractivity (Wildman–Crippen MR) is 109 cm³/mol. The van der Waals surface area contributed by atoms with Crippen LogP contribution in [0.25, 0.3) is 0 Å². The van der Waals surface area contributed by atoms with E-state index in [9.17, 15) is 9.59 Å². The normalized spacial score (nSPS) is 11.4. The number of unbranched alkanes of at least 4 members (excludes halogenated alkanes) is 12. The highest BCUT2D eigenvalue weighted by molar-refractivity contribution is 5.80. The minimum Gasteiger partial charge on any atom is -0.464 e. The molecule has 0 spiro atoms. The Morgan fingerprint density at radius 2 is 1.33 bits per heavy atom. The fourth-order valence-corrected chi connectivity index (χ4v) is 2.80. The molecule has 0 saturated heterocycles. The molecule has 0 aliphatic rings. The van der Waals surface area contributed by atoms with E-state index in [0.29, 0.717) is 6.61 Å². The van der Waals surface area contributed by atoms with Crippen LogP contribution in [-0.4, -0.2) is 31.3 Å². The van der Waals surface area contributed by atoms with Crippen LogP contribution < -0.4 is 5.32 Å². The maximum atomic E-state index is 11.7. The Labute approximate surface area is 166 Å². The Morgan fingerprint density at radius 1 is 0.852 bits per heavy atom. The molecule has 0 aliphatic carbocycles. The molecule has 0 heterocycles. The van der Waals surface area contributed by atoms with Crippen LogP contribution in [0.5, 0.6) is 0 Å². The molecule has 5 heteroatoms. The van der Waals surface area contributed by atoms with E-state index in [1.807, 2.05) is 0 Å². The number of nitrogens with one attached hydrogen (secondary N) is 1. The number of rotatable bonds is 17. The molecule has 0 radical (unpaired) electrons. The second kappa shape index (κ2) is 19.1. The maximum Gasteiger partial charge on any atom is 0.408 e. The van der Waals surface area contributed by atoms with E-state index in [1.165, 1.54) is 70.6 Å². The van der Waals surface area contributed by atoms with Gasteiger partial charge >= 0.3 is 12.1 Å². The van der Waals surface area contributed by atoms with Gasteiger partial charge in [-0.15, -0.1) is 6.42 Å². The van der Waals surface area contributed by atoms with Crippen LogP contribution >= 0.6 is 0 Å². The predicted octanol–water partition coefficient (Wildman–Crippen LogP) is 5.37. The molecule has 156 valence electrons. The third-order valence-electron chi connectivity index (χ3n) is 4.47. The van der Waals surface area contributed by atoms with Crippen molar-refractivity contribution in [2.24, 2.45) is 0 Å². The summed E-state index contributed by atoms with van der Waals surface area (Å²) in [6, 6.07) is -0.739. The Morgan fingerprint density at radius 3 is 1.81 bits per heavy atom. The van der Waals surface area contributed by atoms with Crippen LogP contribution in [0.4, 0.5) is 4.79 Å². The Hall–Kier alpha value is -1.70. The van der Waals surface area contributed by atoms with Crippen LogP contribution in [0.3, 0.4) is 0 Å². The van der Waals surface area contributed by atoms with Gasteiger partial charge in [-0.3, -0.25) is 0 Å². The molecule has 0 bridgehead atoms.